The van der Waals surface area contributed by atoms with Crippen molar-refractivity contribution < 1.29 is 38.1 Å². The number of hydrogen-bond donors (Lipinski definition) is 4. The first-order valence-corrected chi connectivity index (χ1v) is 19.7. The van der Waals surface area contributed by atoms with Crippen LogP contribution in [-0.2, 0) is 38.1 Å². The zero-order chi connectivity index (χ0) is 37.5. The number of rotatable bonds is 14. The first-order valence-electron chi connectivity index (χ1n) is 19.7. The summed E-state index contributed by atoms with van der Waals surface area (Å²) >= 11 is 0. The summed E-state index contributed by atoms with van der Waals surface area (Å²) in [5, 5.41) is 13.7. The number of nitrogens with one attached hydrogen (secondary N) is 4. The van der Waals surface area contributed by atoms with Gasteiger partial charge in [0.25, 0.3) is 0 Å². The molecule has 0 bridgehead atoms. The van der Waals surface area contributed by atoms with Crippen LogP contribution in [0.25, 0.3) is 0 Å². The van der Waals surface area contributed by atoms with Gasteiger partial charge in [-0.25, -0.2) is 0 Å². The molecule has 4 saturated heterocycles. The molecule has 4 aliphatic rings. The molecule has 4 N–H and O–H groups in total. The fraction of sp³-hybridized carbons (Fsp3) is 0.897. The van der Waals surface area contributed by atoms with Gasteiger partial charge in [-0.15, -0.1) is 0 Å². The molecule has 12 nitrogen and oxygen atoms in total. The van der Waals surface area contributed by atoms with Crippen LogP contribution in [0.4, 0.5) is 0 Å². The van der Waals surface area contributed by atoms with Gasteiger partial charge in [0.05, 0.1) is 0 Å². The van der Waals surface area contributed by atoms with E-state index >= 15 is 0 Å². The molecule has 51 heavy (non-hydrogen) atoms. The number of piperidine rings is 4. The van der Waals surface area contributed by atoms with Crippen LogP contribution in [0.15, 0.2) is 0 Å². The van der Waals surface area contributed by atoms with Gasteiger partial charge in [-0.2, -0.15) is 0 Å². The maximum absolute atomic E-state index is 13.4. The minimum atomic E-state index is -1.04. The number of hydrogen-bond acceptors (Lipinski definition) is 12. The molecule has 0 saturated carbocycles. The van der Waals surface area contributed by atoms with E-state index in [4.69, 9.17) is 18.9 Å². The quantitative estimate of drug-likeness (QED) is 0.116. The first-order chi connectivity index (χ1) is 23.9. The molecule has 12 heteroatoms. The Morgan fingerprint density at radius 1 is 0.549 bits per heavy atom. The van der Waals surface area contributed by atoms with E-state index in [1.165, 1.54) is 0 Å². The highest BCUT2D eigenvalue weighted by Gasteiger charge is 2.45. The topological polar surface area (TPSA) is 153 Å². The smallest absolute Gasteiger partial charge is 0.320 e. The van der Waals surface area contributed by atoms with Gasteiger partial charge < -0.3 is 40.2 Å². The summed E-state index contributed by atoms with van der Waals surface area (Å²) < 4.78 is 24.1. The molecular weight excluding hydrogens is 652 g/mol. The van der Waals surface area contributed by atoms with Gasteiger partial charge in [0.1, 0.15) is 28.8 Å². The lowest BCUT2D eigenvalue weighted by atomic mass is 9.73. The van der Waals surface area contributed by atoms with Gasteiger partial charge in [-0.3, -0.25) is 19.2 Å². The van der Waals surface area contributed by atoms with E-state index in [0.29, 0.717) is 19.4 Å². The van der Waals surface area contributed by atoms with Crippen molar-refractivity contribution in [3.05, 3.63) is 0 Å². The Bertz CT molecular complexity index is 1190. The predicted molar refractivity (Wildman–Crippen MR) is 195 cm³/mol. The molecule has 0 aromatic rings. The van der Waals surface area contributed by atoms with Gasteiger partial charge in [-0.05, 0) is 153 Å². The second-order valence-electron chi connectivity index (χ2n) is 17.5. The summed E-state index contributed by atoms with van der Waals surface area (Å²) in [4.78, 5) is 52.9. The fourth-order valence-electron chi connectivity index (χ4n) is 8.83. The SMILES string of the molecule is CC(C(=O)OC(C)(C)C1CCNCC1)C(=O)OC(C)(C)C1CCNC(CC(C)(OC(=O)CC(=O)OC(C)(C)C2CCNCC2)C2CCNCC2)C1. The first kappa shape index (κ1) is 41.5. The zero-order valence-electron chi connectivity index (χ0n) is 32.8. The minimum absolute atomic E-state index is 0.00613. The van der Waals surface area contributed by atoms with Crippen LogP contribution in [0.3, 0.4) is 0 Å². The maximum Gasteiger partial charge on any atom is 0.320 e. The molecule has 0 spiro atoms. The van der Waals surface area contributed by atoms with E-state index in [1.54, 1.807) is 6.92 Å². The molecule has 4 heterocycles. The Kier molecular flexibility index (Phi) is 14.4. The largest absolute Gasteiger partial charge is 0.459 e. The Morgan fingerprint density at radius 3 is 1.43 bits per heavy atom. The van der Waals surface area contributed by atoms with Crippen molar-refractivity contribution >= 4 is 23.9 Å². The lowest BCUT2D eigenvalue weighted by molar-refractivity contribution is -0.184. The third-order valence-corrected chi connectivity index (χ3v) is 12.4. The molecule has 4 rings (SSSR count). The highest BCUT2D eigenvalue weighted by atomic mass is 16.6. The van der Waals surface area contributed by atoms with Crippen LogP contribution in [0.2, 0.25) is 0 Å². The van der Waals surface area contributed by atoms with Crippen LogP contribution in [0.5, 0.6) is 0 Å². The van der Waals surface area contributed by atoms with E-state index in [9.17, 15) is 19.2 Å². The Hall–Kier alpha value is -2.28. The van der Waals surface area contributed by atoms with Crippen LogP contribution in [0.1, 0.15) is 120 Å². The molecule has 0 amide bonds. The zero-order valence-corrected chi connectivity index (χ0v) is 32.8. The minimum Gasteiger partial charge on any atom is -0.459 e. The van der Waals surface area contributed by atoms with Crippen LogP contribution >= 0.6 is 0 Å². The fourth-order valence-corrected chi connectivity index (χ4v) is 8.83. The lowest BCUT2D eigenvalue weighted by Gasteiger charge is -2.45. The highest BCUT2D eigenvalue weighted by Crippen LogP contribution is 2.39. The summed E-state index contributed by atoms with van der Waals surface area (Å²) in [7, 11) is 0. The number of carbonyl (C=O) groups excluding carboxylic acids is 4. The van der Waals surface area contributed by atoms with E-state index in [1.807, 2.05) is 48.5 Å². The van der Waals surface area contributed by atoms with Crippen molar-refractivity contribution in [1.29, 1.82) is 0 Å². The second-order valence-corrected chi connectivity index (χ2v) is 17.5. The van der Waals surface area contributed by atoms with Gasteiger partial charge >= 0.3 is 23.9 Å². The van der Waals surface area contributed by atoms with Crippen molar-refractivity contribution in [2.75, 3.05) is 45.8 Å². The van der Waals surface area contributed by atoms with E-state index in [2.05, 4.69) is 21.3 Å². The van der Waals surface area contributed by atoms with Crippen LogP contribution in [-0.4, -0.2) is 98.1 Å². The second kappa shape index (κ2) is 17.7. The maximum atomic E-state index is 13.4. The summed E-state index contributed by atoms with van der Waals surface area (Å²) in [6.07, 6.45) is 7.04. The molecule has 4 atom stereocenters. The molecule has 0 radical (unpaired) electrons. The summed E-state index contributed by atoms with van der Waals surface area (Å²) in [5.74, 6) is -2.68. The van der Waals surface area contributed by atoms with Crippen molar-refractivity contribution in [3.8, 4) is 0 Å². The van der Waals surface area contributed by atoms with E-state index < -0.39 is 58.6 Å². The van der Waals surface area contributed by atoms with Gasteiger partial charge in [0.15, 0.2) is 5.92 Å². The lowest BCUT2D eigenvalue weighted by Crippen LogP contribution is -2.53. The summed E-state index contributed by atoms with van der Waals surface area (Å²) in [6, 6.07) is -0.00613. The standard InChI is InChI=1S/C39H68N4O8/c1-26(34(46)50-37(4,5)28-11-18-41-19-12-28)35(47)51-38(6,7)30-15-22-43-31(23-30)25-39(8,29-13-20-42-21-14-29)49-33(45)24-32(44)48-36(2,3)27-9-16-40-17-10-27/h26-31,40-43H,9-25H2,1-8H3. The molecule has 292 valence electrons. The van der Waals surface area contributed by atoms with Gasteiger partial charge in [0.2, 0.25) is 0 Å². The van der Waals surface area contributed by atoms with Crippen LogP contribution < -0.4 is 21.3 Å². The van der Waals surface area contributed by atoms with Crippen molar-refractivity contribution in [2.45, 2.75) is 148 Å². The van der Waals surface area contributed by atoms with Gasteiger partial charge in [-0.1, -0.05) is 0 Å². The highest BCUT2D eigenvalue weighted by molar-refractivity contribution is 5.94. The monoisotopic (exact) mass is 721 g/mol. The van der Waals surface area contributed by atoms with E-state index in [-0.39, 0.29) is 29.7 Å². The predicted octanol–water partition coefficient (Wildman–Crippen LogP) is 4.04. The number of ether oxygens (including phenoxy) is 4. The Balaban J connectivity index is 1.35. The number of esters is 4. The molecule has 4 fully saturated rings. The van der Waals surface area contributed by atoms with Gasteiger partial charge in [0, 0.05) is 36.1 Å². The van der Waals surface area contributed by atoms with E-state index in [0.717, 1.165) is 84.2 Å². The van der Waals surface area contributed by atoms with Crippen LogP contribution in [0, 0.1) is 29.6 Å². The molecule has 4 aliphatic heterocycles. The molecule has 0 aromatic carbocycles. The van der Waals surface area contributed by atoms with Crippen molar-refractivity contribution in [3.63, 3.8) is 0 Å². The normalized spacial score (nSPS) is 25.3. The molecule has 0 aliphatic carbocycles. The van der Waals surface area contributed by atoms with Crippen molar-refractivity contribution in [2.24, 2.45) is 29.6 Å². The van der Waals surface area contributed by atoms with Crippen molar-refractivity contribution in [1.82, 2.24) is 21.3 Å². The Morgan fingerprint density at radius 2 is 0.941 bits per heavy atom. The molecule has 0 aromatic heterocycles. The molecular formula is C39H68N4O8. The Labute approximate surface area is 306 Å². The third kappa shape index (κ3) is 11.6. The average molecular weight is 721 g/mol. The summed E-state index contributed by atoms with van der Waals surface area (Å²) in [5.41, 5.74) is -2.95. The molecule has 4 unspecified atom stereocenters. The average Bonchev–Trinajstić information content (AvgIpc) is 3.08. The third-order valence-electron chi connectivity index (χ3n) is 12.4. The summed E-state index contributed by atoms with van der Waals surface area (Å²) in [6.45, 7) is 21.1. The number of carbonyl (C=O) groups is 4.